The zero-order valence-electron chi connectivity index (χ0n) is 8.79. The summed E-state index contributed by atoms with van der Waals surface area (Å²) in [7, 11) is 0. The molecule has 1 aromatic rings. The summed E-state index contributed by atoms with van der Waals surface area (Å²) in [6.07, 6.45) is 1.27. The van der Waals surface area contributed by atoms with E-state index in [4.69, 9.17) is 5.73 Å². The Hall–Kier alpha value is -0.470. The summed E-state index contributed by atoms with van der Waals surface area (Å²) in [5.74, 6) is 0.775. The SMILES string of the molecule is Cc1ccccc1SC1(CN)CC1C. The number of aryl methyl sites for hydroxylation is 1. The third-order valence-electron chi connectivity index (χ3n) is 3.14. The van der Waals surface area contributed by atoms with Crippen LogP contribution in [-0.4, -0.2) is 11.3 Å². The van der Waals surface area contributed by atoms with E-state index < -0.39 is 0 Å². The average Bonchev–Trinajstić information content (AvgIpc) is 2.82. The molecule has 1 saturated carbocycles. The van der Waals surface area contributed by atoms with E-state index in [0.29, 0.717) is 4.75 Å². The van der Waals surface area contributed by atoms with Crippen LogP contribution in [0.5, 0.6) is 0 Å². The monoisotopic (exact) mass is 207 g/mol. The van der Waals surface area contributed by atoms with Gasteiger partial charge in [-0.25, -0.2) is 0 Å². The molecule has 2 unspecified atom stereocenters. The van der Waals surface area contributed by atoms with Gasteiger partial charge in [-0.05, 0) is 30.9 Å². The van der Waals surface area contributed by atoms with E-state index in [1.807, 2.05) is 11.8 Å². The van der Waals surface area contributed by atoms with E-state index in [9.17, 15) is 0 Å². The molecule has 1 fully saturated rings. The van der Waals surface area contributed by atoms with Gasteiger partial charge in [0, 0.05) is 16.2 Å². The fraction of sp³-hybridized carbons (Fsp3) is 0.500. The maximum absolute atomic E-state index is 5.84. The largest absolute Gasteiger partial charge is 0.329 e. The lowest BCUT2D eigenvalue weighted by Gasteiger charge is -2.14. The molecule has 0 aromatic heterocycles. The maximum atomic E-state index is 5.84. The Bertz CT molecular complexity index is 333. The molecule has 0 spiro atoms. The van der Waals surface area contributed by atoms with Gasteiger partial charge in [0.05, 0.1) is 0 Å². The van der Waals surface area contributed by atoms with E-state index >= 15 is 0 Å². The van der Waals surface area contributed by atoms with Crippen molar-refractivity contribution in [2.24, 2.45) is 11.7 Å². The standard InChI is InChI=1S/C12H17NS/c1-9-5-3-4-6-11(9)14-12(8-13)7-10(12)2/h3-6,10H,7-8,13H2,1-2H3. The second-order valence-corrected chi connectivity index (χ2v) is 5.70. The Morgan fingerprint density at radius 1 is 1.50 bits per heavy atom. The fourth-order valence-corrected chi connectivity index (χ4v) is 3.25. The molecule has 0 saturated heterocycles. The van der Waals surface area contributed by atoms with Crippen molar-refractivity contribution in [3.05, 3.63) is 29.8 Å². The second kappa shape index (κ2) is 3.59. The van der Waals surface area contributed by atoms with Crippen LogP contribution in [0.25, 0.3) is 0 Å². The third-order valence-corrected chi connectivity index (χ3v) is 4.96. The number of benzene rings is 1. The molecule has 1 nitrogen and oxygen atoms in total. The second-order valence-electron chi connectivity index (χ2n) is 4.24. The Morgan fingerprint density at radius 3 is 2.64 bits per heavy atom. The van der Waals surface area contributed by atoms with Crippen molar-refractivity contribution in [3.63, 3.8) is 0 Å². The van der Waals surface area contributed by atoms with Crippen molar-refractivity contribution in [2.75, 3.05) is 6.54 Å². The van der Waals surface area contributed by atoms with Crippen LogP contribution in [0.2, 0.25) is 0 Å². The van der Waals surface area contributed by atoms with Crippen molar-refractivity contribution < 1.29 is 0 Å². The first-order chi connectivity index (χ1) is 6.68. The first-order valence-electron chi connectivity index (χ1n) is 5.13. The lowest BCUT2D eigenvalue weighted by Crippen LogP contribution is -2.20. The Balaban J connectivity index is 2.15. The Labute approximate surface area is 90.1 Å². The molecule has 0 bridgehead atoms. The van der Waals surface area contributed by atoms with Crippen molar-refractivity contribution >= 4 is 11.8 Å². The van der Waals surface area contributed by atoms with Crippen LogP contribution in [0.4, 0.5) is 0 Å². The minimum absolute atomic E-state index is 0.339. The Kier molecular flexibility index (Phi) is 2.58. The lowest BCUT2D eigenvalue weighted by atomic mass is 10.2. The van der Waals surface area contributed by atoms with Gasteiger partial charge in [0.25, 0.3) is 0 Å². The Morgan fingerprint density at radius 2 is 2.14 bits per heavy atom. The molecule has 0 amide bonds. The highest BCUT2D eigenvalue weighted by atomic mass is 32.2. The van der Waals surface area contributed by atoms with Crippen molar-refractivity contribution in [3.8, 4) is 0 Å². The molecule has 1 aromatic carbocycles. The van der Waals surface area contributed by atoms with Gasteiger partial charge in [-0.15, -0.1) is 11.8 Å². The number of thioether (sulfide) groups is 1. The van der Waals surface area contributed by atoms with Crippen LogP contribution in [0.1, 0.15) is 18.9 Å². The third kappa shape index (κ3) is 1.69. The van der Waals surface area contributed by atoms with Gasteiger partial charge >= 0.3 is 0 Å². The number of hydrogen-bond donors (Lipinski definition) is 1. The highest BCUT2D eigenvalue weighted by Crippen LogP contribution is 2.56. The van der Waals surface area contributed by atoms with Crippen LogP contribution in [0.15, 0.2) is 29.2 Å². The van der Waals surface area contributed by atoms with Crippen LogP contribution in [-0.2, 0) is 0 Å². The van der Waals surface area contributed by atoms with Crippen molar-refractivity contribution in [2.45, 2.75) is 29.9 Å². The van der Waals surface area contributed by atoms with Crippen molar-refractivity contribution in [1.82, 2.24) is 0 Å². The molecular weight excluding hydrogens is 190 g/mol. The smallest absolute Gasteiger partial charge is 0.0358 e. The van der Waals surface area contributed by atoms with E-state index in [2.05, 4.69) is 38.1 Å². The topological polar surface area (TPSA) is 26.0 Å². The summed E-state index contributed by atoms with van der Waals surface area (Å²) < 4.78 is 0.339. The first-order valence-corrected chi connectivity index (χ1v) is 5.94. The molecule has 76 valence electrons. The zero-order chi connectivity index (χ0) is 10.2. The molecule has 2 heteroatoms. The summed E-state index contributed by atoms with van der Waals surface area (Å²) in [6.45, 7) is 5.25. The number of nitrogens with two attached hydrogens (primary N) is 1. The molecule has 2 atom stereocenters. The van der Waals surface area contributed by atoms with Crippen LogP contribution in [0, 0.1) is 12.8 Å². The van der Waals surface area contributed by atoms with Crippen LogP contribution in [0.3, 0.4) is 0 Å². The van der Waals surface area contributed by atoms with Gasteiger partial charge in [-0.1, -0.05) is 25.1 Å². The zero-order valence-corrected chi connectivity index (χ0v) is 9.60. The lowest BCUT2D eigenvalue weighted by molar-refractivity contribution is 0.806. The normalized spacial score (nSPS) is 30.4. The van der Waals surface area contributed by atoms with E-state index in [-0.39, 0.29) is 0 Å². The minimum Gasteiger partial charge on any atom is -0.329 e. The predicted molar refractivity (Wildman–Crippen MR) is 62.6 cm³/mol. The van der Waals surface area contributed by atoms with E-state index in [1.165, 1.54) is 16.9 Å². The molecule has 0 heterocycles. The highest BCUT2D eigenvalue weighted by molar-refractivity contribution is 8.01. The molecule has 2 N–H and O–H groups in total. The quantitative estimate of drug-likeness (QED) is 0.825. The summed E-state index contributed by atoms with van der Waals surface area (Å²) in [4.78, 5) is 1.39. The predicted octanol–water partition coefficient (Wildman–Crippen LogP) is 2.82. The van der Waals surface area contributed by atoms with Crippen LogP contribution >= 0.6 is 11.8 Å². The van der Waals surface area contributed by atoms with Gasteiger partial charge in [0.1, 0.15) is 0 Å². The highest BCUT2D eigenvalue weighted by Gasteiger charge is 2.50. The molecular formula is C12H17NS. The molecule has 1 aliphatic rings. The van der Waals surface area contributed by atoms with Gasteiger partial charge < -0.3 is 5.73 Å². The fourth-order valence-electron chi connectivity index (χ4n) is 1.82. The summed E-state index contributed by atoms with van der Waals surface area (Å²) in [5, 5.41) is 0. The molecule has 0 aliphatic heterocycles. The number of hydrogen-bond acceptors (Lipinski definition) is 2. The van der Waals surface area contributed by atoms with Gasteiger partial charge in [-0.2, -0.15) is 0 Å². The molecule has 2 rings (SSSR count). The van der Waals surface area contributed by atoms with Gasteiger partial charge in [0.2, 0.25) is 0 Å². The molecule has 1 aliphatic carbocycles. The average molecular weight is 207 g/mol. The van der Waals surface area contributed by atoms with Gasteiger partial charge in [0.15, 0.2) is 0 Å². The van der Waals surface area contributed by atoms with E-state index in [0.717, 1.165) is 12.5 Å². The molecule has 0 radical (unpaired) electrons. The summed E-state index contributed by atoms with van der Waals surface area (Å²) in [5.41, 5.74) is 7.20. The first kappa shape index (κ1) is 10.1. The molecule has 14 heavy (non-hydrogen) atoms. The minimum atomic E-state index is 0.339. The van der Waals surface area contributed by atoms with Gasteiger partial charge in [-0.3, -0.25) is 0 Å². The van der Waals surface area contributed by atoms with Crippen molar-refractivity contribution in [1.29, 1.82) is 0 Å². The number of rotatable bonds is 3. The van der Waals surface area contributed by atoms with Crippen LogP contribution < -0.4 is 5.73 Å². The summed E-state index contributed by atoms with van der Waals surface area (Å²) >= 11 is 1.97. The van der Waals surface area contributed by atoms with E-state index in [1.54, 1.807) is 0 Å². The maximum Gasteiger partial charge on any atom is 0.0358 e. The summed E-state index contributed by atoms with van der Waals surface area (Å²) in [6, 6.07) is 8.56.